The van der Waals surface area contributed by atoms with Crippen molar-refractivity contribution in [2.45, 2.75) is 38.6 Å². The van der Waals surface area contributed by atoms with Gasteiger partial charge in [-0.25, -0.2) is 0 Å². The Morgan fingerprint density at radius 2 is 1.89 bits per heavy atom. The summed E-state index contributed by atoms with van der Waals surface area (Å²) in [4.78, 5) is 0. The Kier molecular flexibility index (Phi) is 4.60. The highest BCUT2D eigenvalue weighted by atomic mass is 32.2. The van der Waals surface area contributed by atoms with Crippen molar-refractivity contribution in [3.05, 3.63) is 35.9 Å². The van der Waals surface area contributed by atoms with Gasteiger partial charge in [-0.15, -0.1) is 0 Å². The molecule has 0 N–H and O–H groups in total. The molecule has 19 heavy (non-hydrogen) atoms. The third-order valence-corrected chi connectivity index (χ3v) is 4.08. The summed E-state index contributed by atoms with van der Waals surface area (Å²) >= 11 is 0. The number of hydrogen-bond acceptors (Lipinski definition) is 4. The van der Waals surface area contributed by atoms with Crippen LogP contribution in [0, 0.1) is 5.92 Å². The minimum Gasteiger partial charge on any atom is -0.374 e. The van der Waals surface area contributed by atoms with Gasteiger partial charge in [-0.05, 0) is 31.2 Å². The molecule has 0 heterocycles. The third kappa shape index (κ3) is 4.60. The van der Waals surface area contributed by atoms with Gasteiger partial charge in [-0.1, -0.05) is 30.3 Å². The minimum absolute atomic E-state index is 0.125. The molecule has 1 atom stereocenters. The lowest BCUT2D eigenvalue weighted by atomic mass is 9.79. The van der Waals surface area contributed by atoms with Crippen LogP contribution in [0.15, 0.2) is 30.3 Å². The van der Waals surface area contributed by atoms with Crippen LogP contribution in [0.5, 0.6) is 0 Å². The van der Waals surface area contributed by atoms with Gasteiger partial charge in [0.05, 0.1) is 25.1 Å². The quantitative estimate of drug-likeness (QED) is 0.752. The van der Waals surface area contributed by atoms with Crippen molar-refractivity contribution in [1.29, 1.82) is 0 Å². The van der Waals surface area contributed by atoms with Crippen molar-refractivity contribution < 1.29 is 17.3 Å². The van der Waals surface area contributed by atoms with Crippen LogP contribution < -0.4 is 0 Å². The first-order valence-electron chi connectivity index (χ1n) is 6.48. The fourth-order valence-electron chi connectivity index (χ4n) is 2.25. The highest BCUT2D eigenvalue weighted by Crippen LogP contribution is 2.35. The molecule has 1 aromatic carbocycles. The van der Waals surface area contributed by atoms with Crippen LogP contribution in [0.25, 0.3) is 0 Å². The molecule has 5 heteroatoms. The summed E-state index contributed by atoms with van der Waals surface area (Å²) in [5.41, 5.74) is 1.15. The fraction of sp³-hybridized carbons (Fsp3) is 0.571. The summed E-state index contributed by atoms with van der Waals surface area (Å²) in [5, 5.41) is 0. The van der Waals surface area contributed by atoms with Gasteiger partial charge in [0.2, 0.25) is 0 Å². The van der Waals surface area contributed by atoms with Crippen molar-refractivity contribution in [3.63, 3.8) is 0 Å². The average molecular weight is 284 g/mol. The second kappa shape index (κ2) is 6.03. The smallest absolute Gasteiger partial charge is 0.264 e. The van der Waals surface area contributed by atoms with E-state index in [2.05, 4.69) is 0 Å². The van der Waals surface area contributed by atoms with Crippen LogP contribution in [-0.4, -0.2) is 26.9 Å². The van der Waals surface area contributed by atoms with Crippen LogP contribution in [-0.2, 0) is 25.6 Å². The zero-order valence-corrected chi connectivity index (χ0v) is 12.1. The summed E-state index contributed by atoms with van der Waals surface area (Å²) in [6, 6.07) is 10.0. The second-order valence-corrected chi connectivity index (χ2v) is 6.76. The van der Waals surface area contributed by atoms with Crippen molar-refractivity contribution in [1.82, 2.24) is 0 Å². The van der Waals surface area contributed by atoms with Gasteiger partial charge in [0.25, 0.3) is 10.1 Å². The van der Waals surface area contributed by atoms with Crippen LogP contribution in [0.3, 0.4) is 0 Å². The number of benzene rings is 1. The van der Waals surface area contributed by atoms with E-state index in [1.165, 1.54) is 0 Å². The summed E-state index contributed by atoms with van der Waals surface area (Å²) in [6.45, 7) is 2.63. The van der Waals surface area contributed by atoms with E-state index in [1.807, 2.05) is 37.3 Å². The Bertz CT molecular complexity index is 491. The summed E-state index contributed by atoms with van der Waals surface area (Å²) in [7, 11) is -3.33. The highest BCUT2D eigenvalue weighted by Gasteiger charge is 2.36. The molecule has 0 bridgehead atoms. The predicted octanol–water partition coefficient (Wildman–Crippen LogP) is 2.35. The Balaban J connectivity index is 1.70. The molecule has 0 aromatic heterocycles. The van der Waals surface area contributed by atoms with Crippen molar-refractivity contribution >= 4 is 10.1 Å². The first-order valence-corrected chi connectivity index (χ1v) is 8.29. The van der Waals surface area contributed by atoms with Gasteiger partial charge < -0.3 is 4.74 Å². The number of rotatable bonds is 6. The predicted molar refractivity (Wildman–Crippen MR) is 73.1 cm³/mol. The average Bonchev–Trinajstić information content (AvgIpc) is 2.30. The van der Waals surface area contributed by atoms with E-state index in [9.17, 15) is 8.42 Å². The highest BCUT2D eigenvalue weighted by molar-refractivity contribution is 7.86. The van der Waals surface area contributed by atoms with Crippen molar-refractivity contribution in [3.8, 4) is 0 Å². The zero-order chi connectivity index (χ0) is 13.9. The minimum atomic E-state index is -3.33. The van der Waals surface area contributed by atoms with Crippen LogP contribution in [0.2, 0.25) is 0 Å². The molecule has 0 aliphatic heterocycles. The maximum absolute atomic E-state index is 11.0. The van der Waals surface area contributed by atoms with Crippen molar-refractivity contribution in [2.24, 2.45) is 5.92 Å². The first-order chi connectivity index (χ1) is 8.94. The van der Waals surface area contributed by atoms with Gasteiger partial charge in [0.1, 0.15) is 0 Å². The molecule has 1 unspecified atom stereocenters. The van der Waals surface area contributed by atoms with E-state index in [0.29, 0.717) is 12.5 Å². The Hall–Kier alpha value is -0.910. The van der Waals surface area contributed by atoms with Gasteiger partial charge in [-0.2, -0.15) is 8.42 Å². The number of ether oxygens (including phenoxy) is 1. The van der Waals surface area contributed by atoms with Gasteiger partial charge in [-0.3, -0.25) is 4.18 Å². The van der Waals surface area contributed by atoms with Crippen LogP contribution in [0.1, 0.15) is 25.3 Å². The van der Waals surface area contributed by atoms with E-state index in [0.717, 1.165) is 24.7 Å². The van der Waals surface area contributed by atoms with Gasteiger partial charge in [0.15, 0.2) is 0 Å². The van der Waals surface area contributed by atoms with Crippen molar-refractivity contribution in [2.75, 3.05) is 6.26 Å². The molecule has 1 fully saturated rings. The summed E-state index contributed by atoms with van der Waals surface area (Å²) in [5.74, 6) is 0.385. The monoisotopic (exact) mass is 284 g/mol. The maximum atomic E-state index is 11.0. The van der Waals surface area contributed by atoms with Crippen LogP contribution >= 0.6 is 0 Å². The SMILES string of the molecule is CC(OCc1ccccc1)C1CC(OS(C)(=O)=O)C1. The van der Waals surface area contributed by atoms with E-state index >= 15 is 0 Å². The maximum Gasteiger partial charge on any atom is 0.264 e. The molecule has 0 saturated heterocycles. The molecule has 0 amide bonds. The lowest BCUT2D eigenvalue weighted by Crippen LogP contribution is -2.39. The molecular formula is C14H20O4S. The fourth-order valence-corrected chi connectivity index (χ4v) is 2.90. The molecule has 2 rings (SSSR count). The molecule has 1 aromatic rings. The molecular weight excluding hydrogens is 264 g/mol. The zero-order valence-electron chi connectivity index (χ0n) is 11.3. The molecule has 106 valence electrons. The van der Waals surface area contributed by atoms with E-state index in [4.69, 9.17) is 8.92 Å². The normalized spacial score (nSPS) is 24.7. The van der Waals surface area contributed by atoms with E-state index in [-0.39, 0.29) is 12.2 Å². The van der Waals surface area contributed by atoms with E-state index < -0.39 is 10.1 Å². The molecule has 4 nitrogen and oxygen atoms in total. The third-order valence-electron chi connectivity index (χ3n) is 3.46. The Morgan fingerprint density at radius 1 is 1.26 bits per heavy atom. The lowest BCUT2D eigenvalue weighted by molar-refractivity contribution is -0.0511. The largest absolute Gasteiger partial charge is 0.374 e. The molecule has 0 spiro atoms. The Morgan fingerprint density at radius 3 is 2.47 bits per heavy atom. The molecule has 1 aliphatic carbocycles. The summed E-state index contributed by atoms with van der Waals surface area (Å²) in [6.07, 6.45) is 2.56. The van der Waals surface area contributed by atoms with Crippen LogP contribution in [0.4, 0.5) is 0 Å². The lowest BCUT2D eigenvalue weighted by Gasteiger charge is -2.37. The number of hydrogen-bond donors (Lipinski definition) is 0. The standard InChI is InChI=1S/C14H20O4S/c1-11(17-10-12-6-4-3-5-7-12)13-8-14(9-13)18-19(2,15)16/h3-7,11,13-14H,8-10H2,1-2H3. The van der Waals surface area contributed by atoms with Gasteiger partial charge >= 0.3 is 0 Å². The molecule has 1 saturated carbocycles. The topological polar surface area (TPSA) is 52.6 Å². The van der Waals surface area contributed by atoms with Gasteiger partial charge in [0, 0.05) is 0 Å². The Labute approximate surface area is 114 Å². The molecule has 0 radical (unpaired) electrons. The van der Waals surface area contributed by atoms with E-state index in [1.54, 1.807) is 0 Å². The second-order valence-electron chi connectivity index (χ2n) is 5.16. The first kappa shape index (κ1) is 14.5. The molecule has 1 aliphatic rings. The summed E-state index contributed by atoms with van der Waals surface area (Å²) < 4.78 is 32.7.